The average molecular weight is 230 g/mol. The summed E-state index contributed by atoms with van der Waals surface area (Å²) in [5, 5.41) is 8.83. The Kier molecular flexibility index (Phi) is 5.73. The van der Waals surface area contributed by atoms with Gasteiger partial charge in [-0.05, 0) is 33.5 Å². The van der Waals surface area contributed by atoms with E-state index in [-0.39, 0.29) is 25.2 Å². The number of nitrogens with zero attached hydrogens (tertiary/aromatic N) is 2. The van der Waals surface area contributed by atoms with Crippen molar-refractivity contribution >= 4 is 5.91 Å². The van der Waals surface area contributed by atoms with Crippen molar-refractivity contribution in [2.24, 2.45) is 0 Å². The Balaban J connectivity index is 2.29. The van der Waals surface area contributed by atoms with Gasteiger partial charge in [-0.2, -0.15) is 0 Å². The standard InChI is InChI=1S/C11H22N2O3/c1-12(2)5-3-6-13-8-10(4-7-14)16-9-11(13)15/h10,14H,3-9H2,1-2H3. The smallest absolute Gasteiger partial charge is 0.248 e. The second-order valence-corrected chi connectivity index (χ2v) is 4.44. The molecule has 0 saturated carbocycles. The van der Waals surface area contributed by atoms with Crippen LogP contribution in [0.5, 0.6) is 0 Å². The van der Waals surface area contributed by atoms with Gasteiger partial charge in [-0.3, -0.25) is 4.79 Å². The van der Waals surface area contributed by atoms with Crippen LogP contribution in [0.2, 0.25) is 0 Å². The molecule has 1 amide bonds. The predicted octanol–water partition coefficient (Wildman–Crippen LogP) is -0.452. The van der Waals surface area contributed by atoms with E-state index in [9.17, 15) is 4.79 Å². The number of rotatable bonds is 6. The van der Waals surface area contributed by atoms with Gasteiger partial charge in [-0.15, -0.1) is 0 Å². The van der Waals surface area contributed by atoms with E-state index in [2.05, 4.69) is 4.90 Å². The van der Waals surface area contributed by atoms with Crippen molar-refractivity contribution in [2.75, 3.05) is 46.9 Å². The highest BCUT2D eigenvalue weighted by Crippen LogP contribution is 2.09. The highest BCUT2D eigenvalue weighted by atomic mass is 16.5. The molecule has 1 unspecified atom stereocenters. The molecule has 1 aliphatic heterocycles. The summed E-state index contributed by atoms with van der Waals surface area (Å²) in [7, 11) is 4.05. The predicted molar refractivity (Wildman–Crippen MR) is 61.2 cm³/mol. The monoisotopic (exact) mass is 230 g/mol. The minimum atomic E-state index is 0.00190. The fourth-order valence-electron chi connectivity index (χ4n) is 1.79. The van der Waals surface area contributed by atoms with Crippen molar-refractivity contribution in [2.45, 2.75) is 18.9 Å². The van der Waals surface area contributed by atoms with Crippen LogP contribution >= 0.6 is 0 Å². The summed E-state index contributed by atoms with van der Waals surface area (Å²) in [4.78, 5) is 15.5. The molecule has 5 heteroatoms. The van der Waals surface area contributed by atoms with Gasteiger partial charge in [0.25, 0.3) is 0 Å². The van der Waals surface area contributed by atoms with Crippen LogP contribution in [0.4, 0.5) is 0 Å². The molecule has 0 bridgehead atoms. The zero-order valence-corrected chi connectivity index (χ0v) is 10.2. The van der Waals surface area contributed by atoms with Crippen molar-refractivity contribution in [3.8, 4) is 0 Å². The van der Waals surface area contributed by atoms with Gasteiger partial charge in [0.15, 0.2) is 0 Å². The molecule has 1 aliphatic rings. The van der Waals surface area contributed by atoms with Gasteiger partial charge < -0.3 is 19.6 Å². The second-order valence-electron chi connectivity index (χ2n) is 4.44. The number of ether oxygens (including phenoxy) is 1. The molecule has 1 fully saturated rings. The van der Waals surface area contributed by atoms with E-state index in [0.29, 0.717) is 13.0 Å². The van der Waals surface area contributed by atoms with E-state index < -0.39 is 0 Å². The summed E-state index contributed by atoms with van der Waals surface area (Å²) < 4.78 is 5.33. The summed E-state index contributed by atoms with van der Waals surface area (Å²) in [6, 6.07) is 0. The lowest BCUT2D eigenvalue weighted by Crippen LogP contribution is -2.47. The minimum Gasteiger partial charge on any atom is -0.396 e. The van der Waals surface area contributed by atoms with Crippen molar-refractivity contribution < 1.29 is 14.6 Å². The van der Waals surface area contributed by atoms with E-state index in [4.69, 9.17) is 9.84 Å². The first-order valence-corrected chi connectivity index (χ1v) is 5.78. The van der Waals surface area contributed by atoms with Gasteiger partial charge in [0.2, 0.25) is 5.91 Å². The zero-order chi connectivity index (χ0) is 12.0. The van der Waals surface area contributed by atoms with Gasteiger partial charge >= 0.3 is 0 Å². The van der Waals surface area contributed by atoms with Crippen LogP contribution in [0, 0.1) is 0 Å². The Morgan fingerprint density at radius 1 is 1.56 bits per heavy atom. The summed E-state index contributed by atoms with van der Waals surface area (Å²) in [5.74, 6) is 0.0629. The quantitative estimate of drug-likeness (QED) is 0.671. The number of carbonyl (C=O) groups is 1. The average Bonchev–Trinajstić information content (AvgIpc) is 2.22. The molecule has 0 aliphatic carbocycles. The van der Waals surface area contributed by atoms with Gasteiger partial charge in [0.1, 0.15) is 6.61 Å². The van der Waals surface area contributed by atoms with Crippen molar-refractivity contribution in [3.05, 3.63) is 0 Å². The van der Waals surface area contributed by atoms with E-state index >= 15 is 0 Å². The number of hydrogen-bond acceptors (Lipinski definition) is 4. The molecular formula is C11H22N2O3. The number of amides is 1. The first kappa shape index (κ1) is 13.4. The molecular weight excluding hydrogens is 208 g/mol. The molecule has 1 saturated heterocycles. The largest absolute Gasteiger partial charge is 0.396 e. The first-order chi connectivity index (χ1) is 7.63. The molecule has 94 valence electrons. The number of aliphatic hydroxyl groups is 1. The highest BCUT2D eigenvalue weighted by Gasteiger charge is 2.25. The Labute approximate surface area is 97.0 Å². The lowest BCUT2D eigenvalue weighted by molar-refractivity contribution is -0.149. The summed E-state index contributed by atoms with van der Waals surface area (Å²) in [6.45, 7) is 2.65. The maximum Gasteiger partial charge on any atom is 0.248 e. The Bertz CT molecular complexity index is 221. The normalized spacial score (nSPS) is 21.9. The molecule has 1 rings (SSSR count). The van der Waals surface area contributed by atoms with Crippen LogP contribution in [0.3, 0.4) is 0 Å². The number of carbonyl (C=O) groups excluding carboxylic acids is 1. The van der Waals surface area contributed by atoms with Gasteiger partial charge in [0.05, 0.1) is 6.10 Å². The van der Waals surface area contributed by atoms with Crippen molar-refractivity contribution in [1.82, 2.24) is 9.80 Å². The third-order valence-electron chi connectivity index (χ3n) is 2.70. The number of hydrogen-bond donors (Lipinski definition) is 1. The van der Waals surface area contributed by atoms with Crippen LogP contribution in [-0.4, -0.2) is 73.9 Å². The lowest BCUT2D eigenvalue weighted by atomic mass is 10.2. The van der Waals surface area contributed by atoms with E-state index in [1.807, 2.05) is 19.0 Å². The highest BCUT2D eigenvalue weighted by molar-refractivity contribution is 5.78. The van der Waals surface area contributed by atoms with Crippen LogP contribution in [-0.2, 0) is 9.53 Å². The van der Waals surface area contributed by atoms with Crippen molar-refractivity contribution in [3.63, 3.8) is 0 Å². The van der Waals surface area contributed by atoms with Crippen molar-refractivity contribution in [1.29, 1.82) is 0 Å². The Morgan fingerprint density at radius 2 is 2.31 bits per heavy atom. The molecule has 0 radical (unpaired) electrons. The van der Waals surface area contributed by atoms with Crippen LogP contribution in [0.25, 0.3) is 0 Å². The second kappa shape index (κ2) is 6.83. The molecule has 1 N–H and O–H groups in total. The van der Waals surface area contributed by atoms with Gasteiger partial charge in [0, 0.05) is 19.7 Å². The summed E-state index contributed by atoms with van der Waals surface area (Å²) in [6.07, 6.45) is 1.59. The van der Waals surface area contributed by atoms with E-state index in [1.54, 1.807) is 0 Å². The molecule has 0 aromatic rings. The van der Waals surface area contributed by atoms with Crippen LogP contribution in [0.15, 0.2) is 0 Å². The topological polar surface area (TPSA) is 53.0 Å². The van der Waals surface area contributed by atoms with Gasteiger partial charge in [-0.1, -0.05) is 0 Å². The molecule has 1 heterocycles. The summed E-state index contributed by atoms with van der Waals surface area (Å²) in [5.41, 5.74) is 0. The van der Waals surface area contributed by atoms with Crippen LogP contribution in [0.1, 0.15) is 12.8 Å². The molecule has 5 nitrogen and oxygen atoms in total. The van der Waals surface area contributed by atoms with Gasteiger partial charge in [-0.25, -0.2) is 0 Å². The maximum absolute atomic E-state index is 11.5. The first-order valence-electron chi connectivity index (χ1n) is 5.78. The van der Waals surface area contributed by atoms with Crippen LogP contribution < -0.4 is 0 Å². The SMILES string of the molecule is CN(C)CCCN1CC(CCO)OCC1=O. The lowest BCUT2D eigenvalue weighted by Gasteiger charge is -2.32. The third-order valence-corrected chi connectivity index (χ3v) is 2.70. The minimum absolute atomic E-state index is 0.00190. The molecule has 1 atom stereocenters. The molecule has 0 spiro atoms. The Morgan fingerprint density at radius 3 is 2.94 bits per heavy atom. The molecule has 16 heavy (non-hydrogen) atoms. The zero-order valence-electron chi connectivity index (χ0n) is 10.2. The van der Waals surface area contributed by atoms with E-state index in [0.717, 1.165) is 19.5 Å². The fourth-order valence-corrected chi connectivity index (χ4v) is 1.79. The number of aliphatic hydroxyl groups excluding tert-OH is 1. The molecule has 0 aromatic heterocycles. The Hall–Kier alpha value is -0.650. The summed E-state index contributed by atoms with van der Waals surface area (Å²) >= 11 is 0. The maximum atomic E-state index is 11.5. The molecule has 0 aromatic carbocycles. The third kappa shape index (κ3) is 4.47. The fraction of sp³-hybridized carbons (Fsp3) is 0.909. The number of morpholine rings is 1. The van der Waals surface area contributed by atoms with E-state index in [1.165, 1.54) is 0 Å².